The molecular formula is C28H23ClN2O4. The van der Waals surface area contributed by atoms with Crippen LogP contribution in [-0.2, 0) is 16.0 Å². The van der Waals surface area contributed by atoms with Crippen LogP contribution in [0.2, 0.25) is 5.02 Å². The zero-order valence-electron chi connectivity index (χ0n) is 19.0. The van der Waals surface area contributed by atoms with Crippen LogP contribution in [0.4, 0.5) is 5.69 Å². The van der Waals surface area contributed by atoms with E-state index in [-0.39, 0.29) is 23.6 Å². The van der Waals surface area contributed by atoms with E-state index in [1.165, 1.54) is 19.2 Å². The molecule has 4 aromatic carbocycles. The fourth-order valence-electron chi connectivity index (χ4n) is 3.76. The molecule has 4 rings (SSSR count). The molecule has 6 nitrogen and oxygen atoms in total. The van der Waals surface area contributed by atoms with E-state index in [1.54, 1.807) is 18.2 Å². The first-order chi connectivity index (χ1) is 16.9. The molecule has 0 spiro atoms. The van der Waals surface area contributed by atoms with Crippen LogP contribution in [0.5, 0.6) is 0 Å². The number of esters is 1. The molecule has 1 atom stereocenters. The van der Waals surface area contributed by atoms with E-state index in [2.05, 4.69) is 10.6 Å². The molecular weight excluding hydrogens is 464 g/mol. The SMILES string of the molecule is COC(=O)[C@H](Cc1ccccc1)NC(=O)c1ccc(Cl)cc1NC(=O)c1ccc2ccccc2c1. The summed E-state index contributed by atoms with van der Waals surface area (Å²) in [5.41, 5.74) is 1.71. The minimum absolute atomic E-state index is 0.172. The van der Waals surface area contributed by atoms with Gasteiger partial charge < -0.3 is 15.4 Å². The average Bonchev–Trinajstić information content (AvgIpc) is 2.88. The molecule has 0 aliphatic heterocycles. The number of carbonyl (C=O) groups is 3. The molecule has 0 radical (unpaired) electrons. The maximum absolute atomic E-state index is 13.2. The Labute approximate surface area is 207 Å². The lowest BCUT2D eigenvalue weighted by Gasteiger charge is -2.18. The number of benzene rings is 4. The lowest BCUT2D eigenvalue weighted by Crippen LogP contribution is -2.43. The lowest BCUT2D eigenvalue weighted by atomic mass is 10.0. The second kappa shape index (κ2) is 10.8. The van der Waals surface area contributed by atoms with Gasteiger partial charge in [0.2, 0.25) is 0 Å². The first-order valence-electron chi connectivity index (χ1n) is 11.0. The van der Waals surface area contributed by atoms with E-state index in [1.807, 2.05) is 60.7 Å². The number of hydrogen-bond acceptors (Lipinski definition) is 4. The van der Waals surface area contributed by atoms with Crippen LogP contribution in [0, 0.1) is 0 Å². The second-order valence-corrected chi connectivity index (χ2v) is 8.38. The van der Waals surface area contributed by atoms with E-state index < -0.39 is 17.9 Å². The van der Waals surface area contributed by atoms with Crippen molar-refractivity contribution in [2.75, 3.05) is 12.4 Å². The maximum Gasteiger partial charge on any atom is 0.328 e. The van der Waals surface area contributed by atoms with Gasteiger partial charge in [0.1, 0.15) is 6.04 Å². The molecule has 0 saturated heterocycles. The van der Waals surface area contributed by atoms with Crippen LogP contribution in [0.1, 0.15) is 26.3 Å². The Kier molecular flexibility index (Phi) is 7.43. The van der Waals surface area contributed by atoms with Crippen molar-refractivity contribution in [2.24, 2.45) is 0 Å². The Bertz CT molecular complexity index is 1390. The average molecular weight is 487 g/mol. The van der Waals surface area contributed by atoms with Crippen LogP contribution < -0.4 is 10.6 Å². The van der Waals surface area contributed by atoms with Gasteiger partial charge in [0.05, 0.1) is 18.4 Å². The smallest absolute Gasteiger partial charge is 0.328 e. The summed E-state index contributed by atoms with van der Waals surface area (Å²) in [5, 5.41) is 7.79. The van der Waals surface area contributed by atoms with Crippen molar-refractivity contribution in [1.82, 2.24) is 5.32 Å². The quantitative estimate of drug-likeness (QED) is 0.349. The zero-order valence-corrected chi connectivity index (χ0v) is 19.7. The number of amides is 2. The first-order valence-corrected chi connectivity index (χ1v) is 11.3. The van der Waals surface area contributed by atoms with Crippen LogP contribution >= 0.6 is 11.6 Å². The summed E-state index contributed by atoms with van der Waals surface area (Å²) in [4.78, 5) is 38.5. The predicted molar refractivity (Wildman–Crippen MR) is 137 cm³/mol. The molecule has 176 valence electrons. The van der Waals surface area contributed by atoms with Crippen molar-refractivity contribution in [2.45, 2.75) is 12.5 Å². The van der Waals surface area contributed by atoms with Gasteiger partial charge in [0.25, 0.3) is 11.8 Å². The van der Waals surface area contributed by atoms with E-state index in [0.717, 1.165) is 16.3 Å². The highest BCUT2D eigenvalue weighted by molar-refractivity contribution is 6.31. The largest absolute Gasteiger partial charge is 0.467 e. The molecule has 4 aromatic rings. The molecule has 2 N–H and O–H groups in total. The van der Waals surface area contributed by atoms with Crippen LogP contribution in [0.25, 0.3) is 10.8 Å². The standard InChI is InChI=1S/C28H23ClN2O4/c1-35-28(34)25(15-18-7-3-2-4-8-18)31-27(33)23-14-13-22(29)17-24(23)30-26(32)21-12-11-19-9-5-6-10-20(19)16-21/h2-14,16-17,25H,15H2,1H3,(H,30,32)(H,31,33)/t25-/m0/s1. The van der Waals surface area contributed by atoms with Gasteiger partial charge in [-0.3, -0.25) is 9.59 Å². The van der Waals surface area contributed by atoms with Crippen molar-refractivity contribution in [3.8, 4) is 0 Å². The summed E-state index contributed by atoms with van der Waals surface area (Å²) < 4.78 is 4.88. The number of rotatable bonds is 7. The molecule has 0 unspecified atom stereocenters. The Hall–Kier alpha value is -4.16. The Morgan fingerprint density at radius 1 is 0.829 bits per heavy atom. The fraction of sp³-hybridized carbons (Fsp3) is 0.107. The Morgan fingerprint density at radius 3 is 2.29 bits per heavy atom. The van der Waals surface area contributed by atoms with Crippen molar-refractivity contribution in [1.29, 1.82) is 0 Å². The van der Waals surface area contributed by atoms with Crippen molar-refractivity contribution in [3.05, 3.63) is 113 Å². The molecule has 0 heterocycles. The minimum Gasteiger partial charge on any atom is -0.467 e. The summed E-state index contributed by atoms with van der Waals surface area (Å²) in [5.74, 6) is -1.50. The van der Waals surface area contributed by atoms with E-state index in [9.17, 15) is 14.4 Å². The van der Waals surface area contributed by atoms with Crippen LogP contribution in [-0.4, -0.2) is 30.9 Å². The van der Waals surface area contributed by atoms with Gasteiger partial charge >= 0.3 is 5.97 Å². The number of hydrogen-bond donors (Lipinski definition) is 2. The van der Waals surface area contributed by atoms with Gasteiger partial charge in [-0.1, -0.05) is 72.3 Å². The van der Waals surface area contributed by atoms with E-state index >= 15 is 0 Å². The van der Waals surface area contributed by atoms with Crippen LogP contribution in [0.15, 0.2) is 91.0 Å². The second-order valence-electron chi connectivity index (χ2n) is 7.94. The highest BCUT2D eigenvalue weighted by Gasteiger charge is 2.24. The van der Waals surface area contributed by atoms with E-state index in [4.69, 9.17) is 16.3 Å². The highest BCUT2D eigenvalue weighted by Crippen LogP contribution is 2.23. The number of fused-ring (bicyclic) bond motifs is 1. The van der Waals surface area contributed by atoms with Gasteiger partial charge in [-0.05, 0) is 46.7 Å². The summed E-state index contributed by atoms with van der Waals surface area (Å²) in [6.45, 7) is 0. The van der Waals surface area contributed by atoms with Gasteiger partial charge in [-0.15, -0.1) is 0 Å². The number of methoxy groups -OCH3 is 1. The number of nitrogens with one attached hydrogen (secondary N) is 2. The molecule has 2 amide bonds. The highest BCUT2D eigenvalue weighted by atomic mass is 35.5. The predicted octanol–water partition coefficient (Wildman–Crippen LogP) is 5.26. The van der Waals surface area contributed by atoms with Crippen molar-refractivity contribution >= 4 is 45.8 Å². The molecule has 0 bridgehead atoms. The third-order valence-corrected chi connectivity index (χ3v) is 5.79. The van der Waals surface area contributed by atoms with Gasteiger partial charge in [0, 0.05) is 17.0 Å². The molecule has 0 fully saturated rings. The number of anilines is 1. The Balaban J connectivity index is 1.57. The third-order valence-electron chi connectivity index (χ3n) is 5.56. The van der Waals surface area contributed by atoms with Gasteiger partial charge in [-0.2, -0.15) is 0 Å². The molecule has 0 aliphatic carbocycles. The fourth-order valence-corrected chi connectivity index (χ4v) is 3.94. The van der Waals surface area contributed by atoms with Crippen molar-refractivity contribution in [3.63, 3.8) is 0 Å². The maximum atomic E-state index is 13.2. The van der Waals surface area contributed by atoms with E-state index in [0.29, 0.717) is 10.6 Å². The summed E-state index contributed by atoms with van der Waals surface area (Å²) in [6.07, 6.45) is 0.256. The monoisotopic (exact) mass is 486 g/mol. The van der Waals surface area contributed by atoms with Gasteiger partial charge in [0.15, 0.2) is 0 Å². The normalized spacial score (nSPS) is 11.5. The Morgan fingerprint density at radius 2 is 1.54 bits per heavy atom. The topological polar surface area (TPSA) is 84.5 Å². The molecule has 0 aliphatic rings. The van der Waals surface area contributed by atoms with Crippen LogP contribution in [0.3, 0.4) is 0 Å². The molecule has 35 heavy (non-hydrogen) atoms. The summed E-state index contributed by atoms with van der Waals surface area (Å²) in [7, 11) is 1.27. The summed E-state index contributed by atoms with van der Waals surface area (Å²) in [6, 6.07) is 26.0. The third kappa shape index (κ3) is 5.86. The minimum atomic E-state index is -0.908. The first kappa shape index (κ1) is 24.0. The zero-order chi connectivity index (χ0) is 24.8. The molecule has 0 aromatic heterocycles. The number of carbonyl (C=O) groups excluding carboxylic acids is 3. The molecule has 7 heteroatoms. The summed E-state index contributed by atoms with van der Waals surface area (Å²) >= 11 is 6.16. The molecule has 0 saturated carbocycles. The number of ether oxygens (including phenoxy) is 1. The number of halogens is 1. The van der Waals surface area contributed by atoms with Crippen molar-refractivity contribution < 1.29 is 19.1 Å². The lowest BCUT2D eigenvalue weighted by molar-refractivity contribution is -0.142. The van der Waals surface area contributed by atoms with Gasteiger partial charge in [-0.25, -0.2) is 4.79 Å².